The number of phenolic OH excluding ortho intramolecular Hbond substituents is 1. The third-order valence-electron chi connectivity index (χ3n) is 5.24. The van der Waals surface area contributed by atoms with Gasteiger partial charge in [-0.1, -0.05) is 54.9 Å². The van der Waals surface area contributed by atoms with Crippen LogP contribution >= 0.6 is 0 Å². The molecule has 0 saturated heterocycles. The highest BCUT2D eigenvalue weighted by molar-refractivity contribution is 7.90. The molecule has 1 aromatic carbocycles. The van der Waals surface area contributed by atoms with Crippen molar-refractivity contribution in [2.75, 3.05) is 6.26 Å². The van der Waals surface area contributed by atoms with Crippen molar-refractivity contribution < 1.29 is 18.3 Å². The number of carbonyl (C=O) groups is 1. The number of sulfone groups is 1. The third-order valence-corrected chi connectivity index (χ3v) is 6.35. The van der Waals surface area contributed by atoms with E-state index in [2.05, 4.69) is 0 Å². The molecule has 0 atom stereocenters. The van der Waals surface area contributed by atoms with Gasteiger partial charge in [-0.2, -0.15) is 0 Å². The molecule has 0 unspecified atom stereocenters. The summed E-state index contributed by atoms with van der Waals surface area (Å²) in [7, 11) is -3.46. The fourth-order valence-electron chi connectivity index (χ4n) is 3.51. The number of carbonyl (C=O) groups excluding carboxylic acids is 1. The second kappa shape index (κ2) is 8.22. The molecule has 0 spiro atoms. The van der Waals surface area contributed by atoms with Gasteiger partial charge in [-0.15, -0.1) is 0 Å². The van der Waals surface area contributed by atoms with Crippen molar-refractivity contribution in [2.45, 2.75) is 83.7 Å². The van der Waals surface area contributed by atoms with Gasteiger partial charge in [-0.25, -0.2) is 8.42 Å². The van der Waals surface area contributed by atoms with Crippen molar-refractivity contribution in [3.8, 4) is 5.75 Å². The average Bonchev–Trinajstić information content (AvgIpc) is 3.02. The van der Waals surface area contributed by atoms with Crippen LogP contribution in [0.1, 0.15) is 88.4 Å². The molecule has 1 aromatic heterocycles. The molecule has 0 fully saturated rings. The van der Waals surface area contributed by atoms with E-state index in [4.69, 9.17) is 0 Å². The van der Waals surface area contributed by atoms with Crippen LogP contribution in [0.4, 0.5) is 0 Å². The van der Waals surface area contributed by atoms with Gasteiger partial charge in [0.05, 0.1) is 0 Å². The Hall–Kier alpha value is -2.08. The highest BCUT2D eigenvalue weighted by Crippen LogP contribution is 2.40. The number of hydrogen-bond acceptors (Lipinski definition) is 4. The van der Waals surface area contributed by atoms with Gasteiger partial charge < -0.3 is 9.67 Å². The molecule has 0 amide bonds. The quantitative estimate of drug-likeness (QED) is 0.633. The molecule has 30 heavy (non-hydrogen) atoms. The summed E-state index contributed by atoms with van der Waals surface area (Å²) in [6.45, 7) is 14.5. The predicted molar refractivity (Wildman–Crippen MR) is 121 cm³/mol. The maximum atomic E-state index is 13.4. The fraction of sp³-hybridized carbons (Fsp3) is 0.542. The van der Waals surface area contributed by atoms with Crippen molar-refractivity contribution in [3.05, 3.63) is 46.6 Å². The molecule has 6 heteroatoms. The highest BCUT2D eigenvalue weighted by Gasteiger charge is 2.29. The SMILES string of the molecule is CCCCn1cc(C(=O)c2cc(C(C)(C)C)c(O)c(C(C)(C)C)c2)cc1S(C)(=O)=O. The summed E-state index contributed by atoms with van der Waals surface area (Å²) < 4.78 is 26.1. The van der Waals surface area contributed by atoms with Crippen LogP contribution in [0.25, 0.3) is 0 Å². The fourth-order valence-corrected chi connectivity index (χ4v) is 4.42. The van der Waals surface area contributed by atoms with Gasteiger partial charge in [0.1, 0.15) is 10.8 Å². The summed E-state index contributed by atoms with van der Waals surface area (Å²) in [4.78, 5) is 13.4. The van der Waals surface area contributed by atoms with Crippen LogP contribution in [0.15, 0.2) is 29.4 Å². The lowest BCUT2D eigenvalue weighted by atomic mass is 9.78. The monoisotopic (exact) mass is 433 g/mol. The number of nitrogens with zero attached hydrogens (tertiary/aromatic N) is 1. The number of aromatic nitrogens is 1. The van der Waals surface area contributed by atoms with E-state index in [1.807, 2.05) is 48.5 Å². The van der Waals surface area contributed by atoms with Gasteiger partial charge in [0, 0.05) is 41.3 Å². The maximum absolute atomic E-state index is 13.4. The van der Waals surface area contributed by atoms with Crippen LogP contribution in [0, 0.1) is 0 Å². The molecule has 5 nitrogen and oxygen atoms in total. The van der Waals surface area contributed by atoms with E-state index in [0.717, 1.165) is 19.1 Å². The number of ketones is 1. The van der Waals surface area contributed by atoms with Crippen LogP contribution in [-0.2, 0) is 27.2 Å². The molecular formula is C24H35NO4S. The lowest BCUT2D eigenvalue weighted by Gasteiger charge is -2.28. The van der Waals surface area contributed by atoms with Crippen molar-refractivity contribution in [2.24, 2.45) is 0 Å². The van der Waals surface area contributed by atoms with E-state index in [0.29, 0.717) is 28.8 Å². The normalized spacial score (nSPS) is 12.9. The van der Waals surface area contributed by atoms with Crippen molar-refractivity contribution in [3.63, 3.8) is 0 Å². The van der Waals surface area contributed by atoms with Crippen LogP contribution < -0.4 is 0 Å². The molecule has 0 saturated carbocycles. The lowest BCUT2D eigenvalue weighted by molar-refractivity contribution is 0.103. The van der Waals surface area contributed by atoms with E-state index >= 15 is 0 Å². The largest absolute Gasteiger partial charge is 0.507 e. The molecule has 2 rings (SSSR count). The van der Waals surface area contributed by atoms with Crippen molar-refractivity contribution in [1.82, 2.24) is 4.57 Å². The Balaban J connectivity index is 2.68. The molecule has 0 aliphatic heterocycles. The predicted octanol–water partition coefficient (Wildman–Crippen LogP) is 5.22. The van der Waals surface area contributed by atoms with E-state index in [9.17, 15) is 18.3 Å². The summed E-state index contributed by atoms with van der Waals surface area (Å²) >= 11 is 0. The smallest absolute Gasteiger partial charge is 0.194 e. The minimum Gasteiger partial charge on any atom is -0.507 e. The zero-order valence-electron chi connectivity index (χ0n) is 19.5. The molecule has 1 heterocycles. The molecule has 0 aliphatic carbocycles. The average molecular weight is 434 g/mol. The van der Waals surface area contributed by atoms with Crippen LogP contribution in [0.3, 0.4) is 0 Å². The summed E-state index contributed by atoms with van der Waals surface area (Å²) in [5, 5.41) is 11.1. The van der Waals surface area contributed by atoms with Gasteiger partial charge in [-0.3, -0.25) is 4.79 Å². The van der Waals surface area contributed by atoms with Crippen molar-refractivity contribution in [1.29, 1.82) is 0 Å². The second-order valence-corrected chi connectivity index (χ2v) is 12.1. The van der Waals surface area contributed by atoms with Gasteiger partial charge >= 0.3 is 0 Å². The highest BCUT2D eigenvalue weighted by atomic mass is 32.2. The number of phenols is 1. The van der Waals surface area contributed by atoms with E-state index in [1.165, 1.54) is 6.07 Å². The number of unbranched alkanes of at least 4 members (excludes halogenated alkanes) is 1. The van der Waals surface area contributed by atoms with E-state index in [-0.39, 0.29) is 27.4 Å². The topological polar surface area (TPSA) is 76.4 Å². The van der Waals surface area contributed by atoms with Gasteiger partial charge in [0.2, 0.25) is 0 Å². The Bertz CT molecular complexity index is 1010. The molecule has 0 aliphatic rings. The minimum absolute atomic E-state index is 0.158. The first kappa shape index (κ1) is 24.2. The van der Waals surface area contributed by atoms with Crippen LogP contribution in [-0.4, -0.2) is 30.1 Å². The van der Waals surface area contributed by atoms with Crippen LogP contribution in [0.5, 0.6) is 5.75 Å². The summed E-state index contributed by atoms with van der Waals surface area (Å²) in [5.74, 6) is -0.0324. The Kier molecular flexibility index (Phi) is 6.62. The minimum atomic E-state index is -3.46. The summed E-state index contributed by atoms with van der Waals surface area (Å²) in [5.41, 5.74) is 1.49. The first-order valence-corrected chi connectivity index (χ1v) is 12.3. The molecule has 166 valence electrons. The third kappa shape index (κ3) is 5.15. The van der Waals surface area contributed by atoms with E-state index in [1.54, 1.807) is 22.9 Å². The molecule has 0 radical (unpaired) electrons. The Morgan fingerprint density at radius 3 is 1.87 bits per heavy atom. The van der Waals surface area contributed by atoms with Crippen LogP contribution in [0.2, 0.25) is 0 Å². The first-order chi connectivity index (χ1) is 13.6. The zero-order chi connectivity index (χ0) is 23.1. The first-order valence-electron chi connectivity index (χ1n) is 10.4. The number of aromatic hydroxyl groups is 1. The molecular weight excluding hydrogens is 398 g/mol. The molecule has 2 aromatic rings. The van der Waals surface area contributed by atoms with Crippen molar-refractivity contribution >= 4 is 15.6 Å². The molecule has 0 bridgehead atoms. The van der Waals surface area contributed by atoms with Gasteiger partial charge in [0.25, 0.3) is 0 Å². The van der Waals surface area contributed by atoms with E-state index < -0.39 is 9.84 Å². The number of hydrogen-bond donors (Lipinski definition) is 1. The Labute approximate surface area is 181 Å². The van der Waals surface area contributed by atoms with Gasteiger partial charge in [-0.05, 0) is 35.4 Å². The summed E-state index contributed by atoms with van der Waals surface area (Å²) in [6.07, 6.45) is 4.54. The Morgan fingerprint density at radius 2 is 1.47 bits per heavy atom. The maximum Gasteiger partial charge on any atom is 0.194 e. The van der Waals surface area contributed by atoms with Gasteiger partial charge in [0.15, 0.2) is 15.6 Å². The Morgan fingerprint density at radius 1 is 0.967 bits per heavy atom. The number of rotatable bonds is 6. The lowest BCUT2D eigenvalue weighted by Crippen LogP contribution is -2.19. The zero-order valence-corrected chi connectivity index (χ0v) is 20.3. The second-order valence-electron chi connectivity index (χ2n) is 10.1. The standard InChI is InChI=1S/C24H35NO4S/c1-9-10-11-25-15-17(14-20(25)30(8,28)29)21(26)16-12-18(23(2,3)4)22(27)19(13-16)24(5,6)7/h12-15,27H,9-11H2,1-8H3. The number of benzene rings is 1. The number of aryl methyl sites for hydroxylation is 1. The molecule has 1 N–H and O–H groups in total. The summed E-state index contributed by atoms with van der Waals surface area (Å²) in [6, 6.07) is 4.93.